The largest absolute Gasteiger partial charge is 0.399 e. The third-order valence-corrected chi connectivity index (χ3v) is 3.96. The molecule has 0 saturated heterocycles. The van der Waals surface area contributed by atoms with Crippen LogP contribution in [-0.2, 0) is 11.3 Å². The van der Waals surface area contributed by atoms with E-state index in [1.165, 1.54) is 0 Å². The molecule has 0 bridgehead atoms. The molecular formula is C16H14BrN3O. The highest BCUT2D eigenvalue weighted by Crippen LogP contribution is 2.24. The van der Waals surface area contributed by atoms with Crippen LogP contribution in [-0.4, -0.2) is 10.5 Å². The molecule has 1 aromatic heterocycles. The van der Waals surface area contributed by atoms with Crippen LogP contribution in [0.5, 0.6) is 0 Å². The molecule has 3 N–H and O–H groups in total. The van der Waals surface area contributed by atoms with Crippen molar-refractivity contribution < 1.29 is 4.79 Å². The lowest BCUT2D eigenvalue weighted by Gasteiger charge is -2.08. The van der Waals surface area contributed by atoms with Crippen LogP contribution in [0.25, 0.3) is 10.9 Å². The van der Waals surface area contributed by atoms with Crippen molar-refractivity contribution in [2.45, 2.75) is 6.54 Å². The van der Waals surface area contributed by atoms with E-state index in [0.29, 0.717) is 5.69 Å². The average Bonchev–Trinajstić information content (AvgIpc) is 2.86. The number of rotatable bonds is 3. The Morgan fingerprint density at radius 3 is 2.67 bits per heavy atom. The van der Waals surface area contributed by atoms with Crippen molar-refractivity contribution in [1.29, 1.82) is 0 Å². The summed E-state index contributed by atoms with van der Waals surface area (Å²) >= 11 is 3.51. The smallest absolute Gasteiger partial charge is 0.244 e. The highest BCUT2D eigenvalue weighted by atomic mass is 79.9. The maximum absolute atomic E-state index is 12.1. The van der Waals surface area contributed by atoms with Crippen molar-refractivity contribution in [3.63, 3.8) is 0 Å². The lowest BCUT2D eigenvalue weighted by molar-refractivity contribution is -0.116. The van der Waals surface area contributed by atoms with Crippen LogP contribution in [0.15, 0.2) is 59.2 Å². The third kappa shape index (κ3) is 2.92. The second kappa shape index (κ2) is 5.61. The van der Waals surface area contributed by atoms with Crippen molar-refractivity contribution in [2.24, 2.45) is 0 Å². The fourth-order valence-corrected chi connectivity index (χ4v) is 2.73. The van der Waals surface area contributed by atoms with E-state index in [0.717, 1.165) is 21.1 Å². The maximum Gasteiger partial charge on any atom is 0.244 e. The lowest BCUT2D eigenvalue weighted by atomic mass is 10.2. The minimum absolute atomic E-state index is 0.0720. The molecule has 0 radical (unpaired) electrons. The van der Waals surface area contributed by atoms with E-state index in [4.69, 9.17) is 5.73 Å². The minimum Gasteiger partial charge on any atom is -0.399 e. The molecular weight excluding hydrogens is 330 g/mol. The Balaban J connectivity index is 1.77. The molecule has 0 saturated carbocycles. The summed E-state index contributed by atoms with van der Waals surface area (Å²) in [6.07, 6.45) is 1.91. The zero-order valence-electron chi connectivity index (χ0n) is 11.2. The second-order valence-corrected chi connectivity index (χ2v) is 5.64. The van der Waals surface area contributed by atoms with Crippen LogP contribution >= 0.6 is 15.9 Å². The Kier molecular flexibility index (Phi) is 3.66. The van der Waals surface area contributed by atoms with Crippen molar-refractivity contribution in [3.05, 3.63) is 59.2 Å². The van der Waals surface area contributed by atoms with Gasteiger partial charge in [-0.2, -0.15) is 0 Å². The number of anilines is 2. The first-order valence-corrected chi connectivity index (χ1v) is 7.31. The molecule has 21 heavy (non-hydrogen) atoms. The molecule has 106 valence electrons. The van der Waals surface area contributed by atoms with Gasteiger partial charge in [-0.15, -0.1) is 0 Å². The summed E-state index contributed by atoms with van der Waals surface area (Å²) < 4.78 is 2.95. The summed E-state index contributed by atoms with van der Waals surface area (Å²) in [5.41, 5.74) is 8.06. The van der Waals surface area contributed by atoms with Gasteiger partial charge in [0.25, 0.3) is 0 Å². The minimum atomic E-state index is -0.0720. The number of nitrogens with two attached hydrogens (primary N) is 1. The Labute approximate surface area is 130 Å². The van der Waals surface area contributed by atoms with Crippen LogP contribution in [0.4, 0.5) is 11.4 Å². The molecule has 0 spiro atoms. The monoisotopic (exact) mass is 343 g/mol. The zero-order chi connectivity index (χ0) is 14.8. The molecule has 3 aromatic rings. The Hall–Kier alpha value is -2.27. The van der Waals surface area contributed by atoms with E-state index in [2.05, 4.69) is 21.2 Å². The second-order valence-electron chi connectivity index (χ2n) is 4.79. The van der Waals surface area contributed by atoms with E-state index < -0.39 is 0 Å². The first-order chi connectivity index (χ1) is 10.1. The molecule has 2 aromatic carbocycles. The number of hydrogen-bond acceptors (Lipinski definition) is 2. The molecule has 4 nitrogen and oxygen atoms in total. The Morgan fingerprint density at radius 1 is 1.14 bits per heavy atom. The first-order valence-electron chi connectivity index (χ1n) is 6.52. The van der Waals surface area contributed by atoms with Crippen LogP contribution in [0.1, 0.15) is 0 Å². The number of fused-ring (bicyclic) bond motifs is 1. The standard InChI is InChI=1S/C16H14BrN3O/c17-14-2-1-3-15-13(14)8-9-20(15)10-16(21)19-12-6-4-11(18)5-7-12/h1-9H,10,18H2,(H,19,21). The van der Waals surface area contributed by atoms with Crippen molar-refractivity contribution in [1.82, 2.24) is 4.57 Å². The Morgan fingerprint density at radius 2 is 1.90 bits per heavy atom. The van der Waals surface area contributed by atoms with Crippen molar-refractivity contribution in [3.8, 4) is 0 Å². The molecule has 0 aliphatic carbocycles. The molecule has 0 atom stereocenters. The van der Waals surface area contributed by atoms with Gasteiger partial charge < -0.3 is 15.6 Å². The number of aromatic nitrogens is 1. The fraction of sp³-hybridized carbons (Fsp3) is 0.0625. The van der Waals surface area contributed by atoms with Gasteiger partial charge in [-0.05, 0) is 42.5 Å². The summed E-state index contributed by atoms with van der Waals surface area (Å²) in [5, 5.41) is 3.95. The summed E-state index contributed by atoms with van der Waals surface area (Å²) in [6, 6.07) is 15.0. The van der Waals surface area contributed by atoms with E-state index in [-0.39, 0.29) is 12.5 Å². The van der Waals surface area contributed by atoms with Gasteiger partial charge in [0.1, 0.15) is 6.54 Å². The molecule has 0 unspecified atom stereocenters. The number of hydrogen-bond donors (Lipinski definition) is 2. The molecule has 1 heterocycles. The van der Waals surface area contributed by atoms with Crippen molar-refractivity contribution >= 4 is 44.1 Å². The van der Waals surface area contributed by atoms with E-state index in [9.17, 15) is 4.79 Å². The van der Waals surface area contributed by atoms with E-state index in [1.54, 1.807) is 24.3 Å². The van der Waals surface area contributed by atoms with Gasteiger partial charge in [0.05, 0.1) is 0 Å². The van der Waals surface area contributed by atoms with Gasteiger partial charge >= 0.3 is 0 Å². The van der Waals surface area contributed by atoms with Gasteiger partial charge in [0, 0.05) is 32.9 Å². The van der Waals surface area contributed by atoms with Gasteiger partial charge in [-0.1, -0.05) is 22.0 Å². The van der Waals surface area contributed by atoms with Crippen LogP contribution in [0.3, 0.4) is 0 Å². The molecule has 1 amide bonds. The molecule has 0 fully saturated rings. The van der Waals surface area contributed by atoms with E-state index >= 15 is 0 Å². The predicted molar refractivity (Wildman–Crippen MR) is 89.1 cm³/mol. The SMILES string of the molecule is Nc1ccc(NC(=O)Cn2ccc3c(Br)cccc32)cc1. The first kappa shape index (κ1) is 13.7. The molecule has 0 aliphatic rings. The topological polar surface area (TPSA) is 60.0 Å². The number of amides is 1. The van der Waals surface area contributed by atoms with Gasteiger partial charge in [-0.3, -0.25) is 4.79 Å². The molecule has 0 aliphatic heterocycles. The quantitative estimate of drug-likeness (QED) is 0.713. The molecule has 3 rings (SSSR count). The van der Waals surface area contributed by atoms with E-state index in [1.807, 2.05) is 35.0 Å². The number of nitrogen functional groups attached to an aromatic ring is 1. The normalized spacial score (nSPS) is 10.7. The van der Waals surface area contributed by atoms with Crippen LogP contribution in [0.2, 0.25) is 0 Å². The highest BCUT2D eigenvalue weighted by molar-refractivity contribution is 9.10. The number of carbonyl (C=O) groups excluding carboxylic acids is 1. The summed E-state index contributed by atoms with van der Waals surface area (Å²) in [6.45, 7) is 0.268. The maximum atomic E-state index is 12.1. The van der Waals surface area contributed by atoms with Gasteiger partial charge in [-0.25, -0.2) is 0 Å². The van der Waals surface area contributed by atoms with Gasteiger partial charge in [0.15, 0.2) is 0 Å². The highest BCUT2D eigenvalue weighted by Gasteiger charge is 2.08. The zero-order valence-corrected chi connectivity index (χ0v) is 12.8. The average molecular weight is 344 g/mol. The van der Waals surface area contributed by atoms with Crippen LogP contribution in [0, 0.1) is 0 Å². The summed E-state index contributed by atoms with van der Waals surface area (Å²) in [4.78, 5) is 12.1. The number of carbonyl (C=O) groups is 1. The predicted octanol–water partition coefficient (Wildman–Crippen LogP) is 3.62. The number of nitrogens with one attached hydrogen (secondary N) is 1. The summed E-state index contributed by atoms with van der Waals surface area (Å²) in [7, 11) is 0. The van der Waals surface area contributed by atoms with Crippen molar-refractivity contribution in [2.75, 3.05) is 11.1 Å². The summed E-state index contributed by atoms with van der Waals surface area (Å²) in [5.74, 6) is -0.0720. The van der Waals surface area contributed by atoms with Gasteiger partial charge in [0.2, 0.25) is 5.91 Å². The third-order valence-electron chi connectivity index (χ3n) is 3.27. The number of benzene rings is 2. The number of halogens is 1. The lowest BCUT2D eigenvalue weighted by Crippen LogP contribution is -2.18. The van der Waals surface area contributed by atoms with Crippen LogP contribution < -0.4 is 11.1 Å². The Bertz CT molecular complexity index is 793. The number of nitrogens with zero attached hydrogens (tertiary/aromatic N) is 1. The fourth-order valence-electron chi connectivity index (χ4n) is 2.25. The molecule has 5 heteroatoms.